The quantitative estimate of drug-likeness (QED) is 0.763. The number of nitrogens with one attached hydrogen (secondary N) is 1. The average Bonchev–Trinajstić information content (AvgIpc) is 2.74. The van der Waals surface area contributed by atoms with Crippen LogP contribution in [0.3, 0.4) is 0 Å². The SMILES string of the molecule is COc1ccccc1[C@@H]1[C@H](C(=O)NCCN(C)C)CCC(=O)N1c1ccc(C)cc1. The second kappa shape index (κ2) is 9.76. The first-order chi connectivity index (χ1) is 14.4. The molecule has 0 aliphatic carbocycles. The van der Waals surface area contributed by atoms with Crippen molar-refractivity contribution in [2.75, 3.05) is 39.2 Å². The number of methoxy groups -OCH3 is 1. The van der Waals surface area contributed by atoms with Crippen molar-refractivity contribution in [3.05, 3.63) is 59.7 Å². The molecule has 0 aromatic heterocycles. The summed E-state index contributed by atoms with van der Waals surface area (Å²) in [5.41, 5.74) is 2.77. The highest BCUT2D eigenvalue weighted by Gasteiger charge is 2.42. The minimum atomic E-state index is -0.426. The van der Waals surface area contributed by atoms with Gasteiger partial charge in [0.25, 0.3) is 0 Å². The fourth-order valence-corrected chi connectivity index (χ4v) is 3.98. The maximum Gasteiger partial charge on any atom is 0.227 e. The minimum Gasteiger partial charge on any atom is -0.496 e. The van der Waals surface area contributed by atoms with Crippen molar-refractivity contribution in [1.29, 1.82) is 0 Å². The van der Waals surface area contributed by atoms with Crippen molar-refractivity contribution in [2.45, 2.75) is 25.8 Å². The Labute approximate surface area is 178 Å². The van der Waals surface area contributed by atoms with Crippen molar-refractivity contribution in [1.82, 2.24) is 10.2 Å². The molecule has 6 heteroatoms. The summed E-state index contributed by atoms with van der Waals surface area (Å²) >= 11 is 0. The molecule has 1 fully saturated rings. The summed E-state index contributed by atoms with van der Waals surface area (Å²) in [5.74, 6) is 0.312. The second-order valence-corrected chi connectivity index (χ2v) is 8.03. The molecule has 0 radical (unpaired) electrons. The minimum absolute atomic E-state index is 0.0205. The fourth-order valence-electron chi connectivity index (χ4n) is 3.98. The molecule has 30 heavy (non-hydrogen) atoms. The predicted octanol–water partition coefficient (Wildman–Crippen LogP) is 3.17. The third-order valence-corrected chi connectivity index (χ3v) is 5.56. The Balaban J connectivity index is 2.02. The van der Waals surface area contributed by atoms with Crippen LogP contribution in [0.4, 0.5) is 5.69 Å². The summed E-state index contributed by atoms with van der Waals surface area (Å²) in [4.78, 5) is 30.1. The summed E-state index contributed by atoms with van der Waals surface area (Å²) in [5, 5.41) is 3.06. The number of hydrogen-bond acceptors (Lipinski definition) is 4. The van der Waals surface area contributed by atoms with Gasteiger partial charge in [-0.2, -0.15) is 0 Å². The molecule has 2 aromatic carbocycles. The predicted molar refractivity (Wildman–Crippen MR) is 119 cm³/mol. The first-order valence-corrected chi connectivity index (χ1v) is 10.4. The van der Waals surface area contributed by atoms with Gasteiger partial charge in [-0.05, 0) is 45.6 Å². The molecule has 1 saturated heterocycles. The van der Waals surface area contributed by atoms with Crippen molar-refractivity contribution < 1.29 is 14.3 Å². The zero-order valence-corrected chi connectivity index (χ0v) is 18.2. The number of carbonyl (C=O) groups excluding carboxylic acids is 2. The molecule has 0 unspecified atom stereocenters. The summed E-state index contributed by atoms with van der Waals surface area (Å²) in [6.45, 7) is 3.35. The molecule has 0 bridgehead atoms. The molecular weight excluding hydrogens is 378 g/mol. The maximum absolute atomic E-state index is 13.2. The van der Waals surface area contributed by atoms with Crippen LogP contribution in [0.2, 0.25) is 0 Å². The molecule has 160 valence electrons. The van der Waals surface area contributed by atoms with Crippen molar-refractivity contribution in [3.8, 4) is 5.75 Å². The highest BCUT2D eigenvalue weighted by molar-refractivity contribution is 5.97. The smallest absolute Gasteiger partial charge is 0.227 e. The van der Waals surface area contributed by atoms with Gasteiger partial charge in [0.05, 0.1) is 19.1 Å². The van der Waals surface area contributed by atoms with Crippen molar-refractivity contribution in [2.24, 2.45) is 5.92 Å². The van der Waals surface area contributed by atoms with E-state index >= 15 is 0 Å². The van der Waals surface area contributed by atoms with E-state index in [0.717, 1.165) is 23.4 Å². The summed E-state index contributed by atoms with van der Waals surface area (Å²) in [7, 11) is 5.57. The molecule has 3 rings (SSSR count). The Morgan fingerprint density at radius 3 is 2.53 bits per heavy atom. The topological polar surface area (TPSA) is 61.9 Å². The van der Waals surface area contributed by atoms with E-state index in [2.05, 4.69) is 5.32 Å². The number of anilines is 1. The van der Waals surface area contributed by atoms with E-state index < -0.39 is 6.04 Å². The van der Waals surface area contributed by atoms with Crippen LogP contribution >= 0.6 is 0 Å². The van der Waals surface area contributed by atoms with Gasteiger partial charge < -0.3 is 19.9 Å². The lowest BCUT2D eigenvalue weighted by Gasteiger charge is -2.41. The number of nitrogens with zero attached hydrogens (tertiary/aromatic N) is 2. The Morgan fingerprint density at radius 1 is 1.17 bits per heavy atom. The van der Waals surface area contributed by atoms with Gasteiger partial charge in [-0.1, -0.05) is 35.9 Å². The van der Waals surface area contributed by atoms with E-state index in [1.54, 1.807) is 12.0 Å². The number of likely N-dealkylation sites (N-methyl/N-ethyl adjacent to an activating group) is 1. The van der Waals surface area contributed by atoms with Gasteiger partial charge >= 0.3 is 0 Å². The van der Waals surface area contributed by atoms with Crippen LogP contribution in [0, 0.1) is 12.8 Å². The van der Waals surface area contributed by atoms with Gasteiger partial charge in [0, 0.05) is 30.8 Å². The molecule has 1 N–H and O–H groups in total. The summed E-state index contributed by atoms with van der Waals surface area (Å²) < 4.78 is 5.60. The van der Waals surface area contributed by atoms with Crippen LogP contribution < -0.4 is 15.0 Å². The van der Waals surface area contributed by atoms with E-state index in [0.29, 0.717) is 25.1 Å². The highest BCUT2D eigenvalue weighted by atomic mass is 16.5. The van der Waals surface area contributed by atoms with Crippen LogP contribution in [0.15, 0.2) is 48.5 Å². The molecule has 1 heterocycles. The highest BCUT2D eigenvalue weighted by Crippen LogP contribution is 2.43. The molecular formula is C24H31N3O3. The Morgan fingerprint density at radius 2 is 1.87 bits per heavy atom. The van der Waals surface area contributed by atoms with E-state index in [-0.39, 0.29) is 17.7 Å². The maximum atomic E-state index is 13.2. The number of para-hydroxylation sites is 1. The molecule has 2 amide bonds. The summed E-state index contributed by atoms with van der Waals surface area (Å²) in [6, 6.07) is 15.1. The monoisotopic (exact) mass is 409 g/mol. The van der Waals surface area contributed by atoms with Gasteiger partial charge in [0.15, 0.2) is 0 Å². The summed E-state index contributed by atoms with van der Waals surface area (Å²) in [6.07, 6.45) is 0.850. The fraction of sp³-hybridized carbons (Fsp3) is 0.417. The van der Waals surface area contributed by atoms with Gasteiger partial charge in [0.2, 0.25) is 11.8 Å². The van der Waals surface area contributed by atoms with Crippen molar-refractivity contribution in [3.63, 3.8) is 0 Å². The number of amides is 2. The normalized spacial score (nSPS) is 19.1. The van der Waals surface area contributed by atoms with Crippen LogP contribution in [0.5, 0.6) is 5.75 Å². The molecule has 2 aromatic rings. The van der Waals surface area contributed by atoms with Crippen LogP contribution in [0.25, 0.3) is 0 Å². The van der Waals surface area contributed by atoms with Crippen LogP contribution in [-0.4, -0.2) is 51.0 Å². The molecule has 2 atom stereocenters. The molecule has 1 aliphatic heterocycles. The Kier molecular flexibility index (Phi) is 7.11. The Bertz CT molecular complexity index is 880. The first-order valence-electron chi connectivity index (χ1n) is 10.4. The number of benzene rings is 2. The lowest BCUT2D eigenvalue weighted by molar-refractivity contribution is -0.129. The number of rotatable bonds is 7. The van der Waals surface area contributed by atoms with Gasteiger partial charge in [-0.25, -0.2) is 0 Å². The van der Waals surface area contributed by atoms with Crippen LogP contribution in [-0.2, 0) is 9.59 Å². The third kappa shape index (κ3) is 4.82. The lowest BCUT2D eigenvalue weighted by Crippen LogP contribution is -2.49. The van der Waals surface area contributed by atoms with Gasteiger partial charge in [0.1, 0.15) is 5.75 Å². The lowest BCUT2D eigenvalue weighted by atomic mass is 9.82. The molecule has 0 spiro atoms. The number of carbonyl (C=O) groups is 2. The van der Waals surface area contributed by atoms with E-state index in [1.165, 1.54) is 0 Å². The molecule has 1 aliphatic rings. The third-order valence-electron chi connectivity index (χ3n) is 5.56. The molecule has 0 saturated carbocycles. The second-order valence-electron chi connectivity index (χ2n) is 8.03. The van der Waals surface area contributed by atoms with Gasteiger partial charge in [-0.15, -0.1) is 0 Å². The number of hydrogen-bond donors (Lipinski definition) is 1. The zero-order valence-electron chi connectivity index (χ0n) is 18.2. The molecule has 6 nitrogen and oxygen atoms in total. The van der Waals surface area contributed by atoms with E-state index in [1.807, 2.05) is 74.4 Å². The number of piperidine rings is 1. The van der Waals surface area contributed by atoms with Crippen LogP contribution in [0.1, 0.15) is 30.0 Å². The van der Waals surface area contributed by atoms with E-state index in [9.17, 15) is 9.59 Å². The number of aryl methyl sites for hydroxylation is 1. The largest absolute Gasteiger partial charge is 0.496 e. The van der Waals surface area contributed by atoms with E-state index in [4.69, 9.17) is 4.74 Å². The Hall–Kier alpha value is -2.86. The zero-order chi connectivity index (χ0) is 21.7. The standard InChI is InChI=1S/C24H31N3O3/c1-17-9-11-18(12-10-17)27-22(28)14-13-20(24(29)25-15-16-26(2)3)23(27)19-7-5-6-8-21(19)30-4/h5-12,20,23H,13-16H2,1-4H3,(H,25,29)/t20-,23-/m1/s1. The van der Waals surface area contributed by atoms with Crippen molar-refractivity contribution >= 4 is 17.5 Å². The van der Waals surface area contributed by atoms with Gasteiger partial charge in [-0.3, -0.25) is 9.59 Å². The average molecular weight is 410 g/mol. The number of ether oxygens (including phenoxy) is 1. The first kappa shape index (κ1) is 21.8.